The average Bonchev–Trinajstić information content (AvgIpc) is 2.30. The summed E-state index contributed by atoms with van der Waals surface area (Å²) >= 11 is 0. The van der Waals surface area contributed by atoms with E-state index in [-0.39, 0.29) is 45.5 Å². The number of hydrogen-bond donors (Lipinski definition) is 0. The summed E-state index contributed by atoms with van der Waals surface area (Å²) in [6.45, 7) is 6.83. The molecule has 0 unspecified atom stereocenters. The van der Waals surface area contributed by atoms with Crippen LogP contribution in [0.4, 0.5) is 0 Å². The van der Waals surface area contributed by atoms with Gasteiger partial charge in [-0.15, -0.1) is 0 Å². The van der Waals surface area contributed by atoms with E-state index in [0.717, 1.165) is 0 Å². The Morgan fingerprint density at radius 2 is 0.909 bits per heavy atom. The molecule has 0 atom stereocenters. The Labute approximate surface area is 151 Å². The molecule has 0 aromatic carbocycles. The van der Waals surface area contributed by atoms with E-state index in [2.05, 4.69) is 0 Å². The molecule has 0 amide bonds. The maximum atomic E-state index is 9.49. The molecular formula is C14H24NO6Zr. The van der Waals surface area contributed by atoms with Gasteiger partial charge in [-0.25, -0.2) is 0 Å². The third-order valence-corrected chi connectivity index (χ3v) is 1.36. The van der Waals surface area contributed by atoms with E-state index >= 15 is 0 Å². The molecule has 0 heterocycles. The van der Waals surface area contributed by atoms with E-state index in [9.17, 15) is 29.7 Å². The summed E-state index contributed by atoms with van der Waals surface area (Å²) in [5.41, 5.74) is 0. The summed E-state index contributed by atoms with van der Waals surface area (Å²) < 4.78 is 0. The molecule has 7 nitrogen and oxygen atoms in total. The van der Waals surface area contributed by atoms with Crippen molar-refractivity contribution in [1.29, 1.82) is 5.26 Å². The Bertz CT molecular complexity index is 264. The zero-order valence-electron chi connectivity index (χ0n) is 13.6. The van der Waals surface area contributed by atoms with Crippen molar-refractivity contribution in [2.45, 2.75) is 66.2 Å². The number of carboxylic acid groups (broad SMARTS) is 3. The molecule has 22 heavy (non-hydrogen) atoms. The molecule has 0 spiro atoms. The number of carboxylic acids is 3. The van der Waals surface area contributed by atoms with Crippen LogP contribution in [0.2, 0.25) is 0 Å². The number of rotatable bonds is 6. The van der Waals surface area contributed by atoms with Crippen LogP contribution in [0, 0.1) is 11.3 Å². The molecule has 0 aromatic rings. The van der Waals surface area contributed by atoms with Gasteiger partial charge in [0.15, 0.2) is 0 Å². The molecule has 0 aliphatic heterocycles. The molecule has 0 saturated heterocycles. The Balaban J connectivity index is -0.0000000591. The van der Waals surface area contributed by atoms with Gasteiger partial charge in [-0.2, -0.15) is 5.26 Å². The Morgan fingerprint density at radius 1 is 0.773 bits per heavy atom. The van der Waals surface area contributed by atoms with Gasteiger partial charge in [-0.1, -0.05) is 40.0 Å². The second kappa shape index (κ2) is 31.9. The minimum atomic E-state index is -0.961. The van der Waals surface area contributed by atoms with Gasteiger partial charge in [-0.05, 0) is 19.3 Å². The molecule has 0 aromatic heterocycles. The molecule has 0 saturated carbocycles. The third-order valence-electron chi connectivity index (χ3n) is 1.36. The predicted molar refractivity (Wildman–Crippen MR) is 71.0 cm³/mol. The second-order valence-electron chi connectivity index (χ2n) is 3.59. The van der Waals surface area contributed by atoms with Gasteiger partial charge < -0.3 is 29.7 Å². The van der Waals surface area contributed by atoms with Crippen LogP contribution in [0.5, 0.6) is 0 Å². The topological polar surface area (TPSA) is 144 Å². The van der Waals surface area contributed by atoms with Crippen LogP contribution >= 0.6 is 0 Å². The van der Waals surface area contributed by atoms with Gasteiger partial charge >= 0.3 is 26.2 Å². The minimum Gasteiger partial charge on any atom is -0.550 e. The fourth-order valence-electron chi connectivity index (χ4n) is 0.612. The minimum absolute atomic E-state index is 0. The quantitative estimate of drug-likeness (QED) is 0.570. The van der Waals surface area contributed by atoms with Gasteiger partial charge in [0.25, 0.3) is 0 Å². The van der Waals surface area contributed by atoms with Crippen LogP contribution in [0.1, 0.15) is 66.2 Å². The standard InChI is InChI=1S/3C4H8O2.C2H3N.Zr/c3*1-2-3-4(5)6;1-2-3;/h3*2-3H2,1H3,(H,5,6);1H3;/q;;;;+3/p-3. The largest absolute Gasteiger partial charge is 3.00 e. The maximum Gasteiger partial charge on any atom is 3.00 e. The van der Waals surface area contributed by atoms with E-state index in [1.807, 2.05) is 0 Å². The Kier molecular flexibility index (Phi) is 47.4. The normalized spacial score (nSPS) is 7.05. The number of carbonyl (C=O) groups excluding carboxylic acids is 3. The van der Waals surface area contributed by atoms with Crippen LogP contribution in [-0.2, 0) is 40.6 Å². The Hall–Kier alpha value is -1.22. The first-order valence-electron chi connectivity index (χ1n) is 6.63. The van der Waals surface area contributed by atoms with E-state index < -0.39 is 17.9 Å². The molecule has 125 valence electrons. The van der Waals surface area contributed by atoms with Gasteiger partial charge in [0, 0.05) is 24.8 Å². The van der Waals surface area contributed by atoms with Crippen LogP contribution < -0.4 is 15.3 Å². The first kappa shape index (κ1) is 32.7. The smallest absolute Gasteiger partial charge is 0.550 e. The zero-order valence-corrected chi connectivity index (χ0v) is 16.1. The molecule has 0 aliphatic rings. The fourth-order valence-corrected chi connectivity index (χ4v) is 0.612. The van der Waals surface area contributed by atoms with Gasteiger partial charge in [0.05, 0.1) is 6.07 Å². The maximum absolute atomic E-state index is 9.49. The fraction of sp³-hybridized carbons (Fsp3) is 0.714. The van der Waals surface area contributed by atoms with Gasteiger partial charge in [0.2, 0.25) is 0 Å². The first-order chi connectivity index (χ1) is 9.72. The van der Waals surface area contributed by atoms with Crippen molar-refractivity contribution in [1.82, 2.24) is 0 Å². The molecule has 0 N–H and O–H groups in total. The number of nitrogens with zero attached hydrogens (tertiary/aromatic N) is 1. The second-order valence-corrected chi connectivity index (χ2v) is 3.59. The van der Waals surface area contributed by atoms with Crippen LogP contribution in [0.15, 0.2) is 0 Å². The van der Waals surface area contributed by atoms with Crippen molar-refractivity contribution in [3.63, 3.8) is 0 Å². The molecule has 1 radical (unpaired) electrons. The number of carbonyl (C=O) groups is 3. The molecular weight excluding hydrogens is 369 g/mol. The molecule has 0 fully saturated rings. The predicted octanol–water partition coefficient (Wildman–Crippen LogP) is -0.863. The summed E-state index contributed by atoms with van der Waals surface area (Å²) in [6, 6.07) is 1.75. The van der Waals surface area contributed by atoms with E-state index in [0.29, 0.717) is 19.3 Å². The van der Waals surface area contributed by atoms with Crippen molar-refractivity contribution in [2.24, 2.45) is 0 Å². The third kappa shape index (κ3) is 98.1. The van der Waals surface area contributed by atoms with E-state index in [1.165, 1.54) is 6.92 Å². The molecule has 0 aliphatic carbocycles. The van der Waals surface area contributed by atoms with Crippen LogP contribution in [0.3, 0.4) is 0 Å². The van der Waals surface area contributed by atoms with E-state index in [1.54, 1.807) is 26.8 Å². The summed E-state index contributed by atoms with van der Waals surface area (Å²) in [7, 11) is 0. The molecule has 8 heteroatoms. The summed E-state index contributed by atoms with van der Waals surface area (Å²) in [4.78, 5) is 28.5. The van der Waals surface area contributed by atoms with E-state index in [4.69, 9.17) is 5.26 Å². The number of nitriles is 1. The van der Waals surface area contributed by atoms with Crippen LogP contribution in [0.25, 0.3) is 0 Å². The number of aliphatic carboxylic acids is 3. The van der Waals surface area contributed by atoms with Crippen molar-refractivity contribution in [2.75, 3.05) is 0 Å². The van der Waals surface area contributed by atoms with Crippen molar-refractivity contribution < 1.29 is 55.9 Å². The average molecular weight is 394 g/mol. The summed E-state index contributed by atoms with van der Waals surface area (Å²) in [5.74, 6) is -2.88. The zero-order chi connectivity index (χ0) is 17.7. The Morgan fingerprint density at radius 3 is 0.909 bits per heavy atom. The van der Waals surface area contributed by atoms with Crippen molar-refractivity contribution in [3.8, 4) is 6.07 Å². The first-order valence-corrected chi connectivity index (χ1v) is 6.63. The molecule has 0 bridgehead atoms. The number of hydrogen-bond acceptors (Lipinski definition) is 7. The van der Waals surface area contributed by atoms with Crippen LogP contribution in [-0.4, -0.2) is 17.9 Å². The SMILES string of the molecule is CC#N.CCCC(=O)[O-].CCCC(=O)[O-].CCCC(=O)[O-].[Zr+3]. The molecule has 0 rings (SSSR count). The van der Waals surface area contributed by atoms with Gasteiger partial charge in [-0.3, -0.25) is 0 Å². The van der Waals surface area contributed by atoms with Gasteiger partial charge in [0.1, 0.15) is 0 Å². The summed E-state index contributed by atoms with van der Waals surface area (Å²) in [6.07, 6.45) is 2.55. The summed E-state index contributed by atoms with van der Waals surface area (Å²) in [5, 5.41) is 35.8. The van der Waals surface area contributed by atoms with Crippen molar-refractivity contribution in [3.05, 3.63) is 0 Å². The monoisotopic (exact) mass is 392 g/mol. The van der Waals surface area contributed by atoms with Crippen molar-refractivity contribution >= 4 is 17.9 Å².